The van der Waals surface area contributed by atoms with Crippen LogP contribution in [0.1, 0.15) is 74.9 Å². The van der Waals surface area contributed by atoms with Crippen LogP contribution in [-0.2, 0) is 38.7 Å². The van der Waals surface area contributed by atoms with E-state index in [9.17, 15) is 19.2 Å². The number of carbonyl (C=O) groups excluding carboxylic acids is 4. The SMILES string of the molecule is CCNC(=O)CNC(=O)CCOCCOCCOCCOCCNC(=O)c1ccc(NC(=O)[C@@H]2N[C@@H](CC(C)(C)C)[C@](C)(c3ccc(Cl)cc3F)[C@H]2c2cccc(Cl)c2F)c(OC)c1. The summed E-state index contributed by atoms with van der Waals surface area (Å²) in [6.45, 7) is 12.8. The maximum Gasteiger partial charge on any atom is 0.251 e. The van der Waals surface area contributed by atoms with E-state index in [0.717, 1.165) is 0 Å². The van der Waals surface area contributed by atoms with Crippen molar-refractivity contribution >= 4 is 52.5 Å². The van der Waals surface area contributed by atoms with Crippen molar-refractivity contribution in [1.29, 1.82) is 0 Å². The Morgan fingerprint density at radius 1 is 0.812 bits per heavy atom. The Kier molecular flexibility index (Phi) is 20.7. The van der Waals surface area contributed by atoms with Crippen LogP contribution in [0.5, 0.6) is 5.75 Å². The van der Waals surface area contributed by atoms with Gasteiger partial charge in [-0.3, -0.25) is 19.2 Å². The number of halogens is 4. The Hall–Kier alpha value is -4.42. The topological polar surface area (TPSA) is 175 Å². The molecule has 3 aromatic carbocycles. The third-order valence-electron chi connectivity index (χ3n) is 10.7. The lowest BCUT2D eigenvalue weighted by atomic mass is 9.63. The molecule has 1 saturated heterocycles. The molecule has 64 heavy (non-hydrogen) atoms. The number of anilines is 1. The summed E-state index contributed by atoms with van der Waals surface area (Å²) in [6.07, 6.45) is 0.648. The number of rotatable bonds is 25. The maximum absolute atomic E-state index is 16.1. The van der Waals surface area contributed by atoms with E-state index >= 15 is 8.78 Å². The summed E-state index contributed by atoms with van der Waals surface area (Å²) in [4.78, 5) is 50.6. The van der Waals surface area contributed by atoms with Crippen LogP contribution in [0.2, 0.25) is 10.0 Å². The van der Waals surface area contributed by atoms with Gasteiger partial charge in [0.2, 0.25) is 17.7 Å². The average molecular weight is 937 g/mol. The lowest BCUT2D eigenvalue weighted by molar-refractivity contribution is -0.126. The second kappa shape index (κ2) is 25.3. The van der Waals surface area contributed by atoms with Crippen molar-refractivity contribution in [3.8, 4) is 5.75 Å². The number of nitrogens with one attached hydrogen (secondary N) is 5. The predicted octanol–water partition coefficient (Wildman–Crippen LogP) is 6.18. The Morgan fingerprint density at radius 2 is 1.47 bits per heavy atom. The Morgan fingerprint density at radius 3 is 2.09 bits per heavy atom. The van der Waals surface area contributed by atoms with E-state index in [0.29, 0.717) is 52.6 Å². The van der Waals surface area contributed by atoms with Crippen LogP contribution in [0.25, 0.3) is 0 Å². The molecule has 5 N–H and O–H groups in total. The van der Waals surface area contributed by atoms with Gasteiger partial charge in [0.25, 0.3) is 5.91 Å². The summed E-state index contributed by atoms with van der Waals surface area (Å²) in [6, 6.07) is 12.0. The molecule has 18 heteroatoms. The average Bonchev–Trinajstić information content (AvgIpc) is 3.52. The number of benzene rings is 3. The molecule has 1 aliphatic heterocycles. The van der Waals surface area contributed by atoms with E-state index in [1.165, 1.54) is 25.3 Å². The molecule has 0 spiro atoms. The molecule has 4 amide bonds. The number of carbonyl (C=O) groups is 4. The van der Waals surface area contributed by atoms with E-state index in [1.54, 1.807) is 43.3 Å². The minimum atomic E-state index is -1.16. The Labute approximate surface area is 384 Å². The molecule has 0 unspecified atom stereocenters. The van der Waals surface area contributed by atoms with Gasteiger partial charge in [0.15, 0.2) is 0 Å². The molecule has 4 rings (SSSR count). The van der Waals surface area contributed by atoms with Gasteiger partial charge in [-0.05, 0) is 66.3 Å². The summed E-state index contributed by atoms with van der Waals surface area (Å²) in [5.41, 5.74) is -0.462. The van der Waals surface area contributed by atoms with Gasteiger partial charge in [0.05, 0.1) is 83.3 Å². The molecular formula is C46H61Cl2F2N5O9. The molecule has 4 atom stereocenters. The van der Waals surface area contributed by atoms with Crippen LogP contribution in [0, 0.1) is 17.0 Å². The third-order valence-corrected chi connectivity index (χ3v) is 11.2. The molecule has 0 bridgehead atoms. The van der Waals surface area contributed by atoms with Crippen molar-refractivity contribution in [3.05, 3.63) is 93.0 Å². The van der Waals surface area contributed by atoms with E-state index in [-0.39, 0.29) is 88.1 Å². The number of likely N-dealkylation sites (N-methyl/N-ethyl adjacent to an activating group) is 1. The molecular weight excluding hydrogens is 875 g/mol. The summed E-state index contributed by atoms with van der Waals surface area (Å²) in [5.74, 6) is -3.43. The fraction of sp³-hybridized carbons (Fsp3) is 0.522. The summed E-state index contributed by atoms with van der Waals surface area (Å²) in [7, 11) is 1.41. The zero-order chi connectivity index (χ0) is 46.9. The van der Waals surface area contributed by atoms with Crippen LogP contribution in [-0.4, -0.2) is 115 Å². The highest BCUT2D eigenvalue weighted by Crippen LogP contribution is 2.53. The van der Waals surface area contributed by atoms with Crippen molar-refractivity contribution in [3.63, 3.8) is 0 Å². The first-order valence-corrected chi connectivity index (χ1v) is 22.0. The minimum absolute atomic E-state index is 0.0614. The van der Waals surface area contributed by atoms with Gasteiger partial charge in [-0.15, -0.1) is 0 Å². The van der Waals surface area contributed by atoms with Gasteiger partial charge in [0.1, 0.15) is 17.4 Å². The van der Waals surface area contributed by atoms with Crippen LogP contribution in [0.4, 0.5) is 14.5 Å². The van der Waals surface area contributed by atoms with Gasteiger partial charge in [-0.1, -0.05) is 69.1 Å². The molecule has 3 aromatic rings. The largest absolute Gasteiger partial charge is 0.495 e. The maximum atomic E-state index is 16.1. The second-order valence-corrected chi connectivity index (χ2v) is 17.4. The first-order valence-electron chi connectivity index (χ1n) is 21.3. The highest BCUT2D eigenvalue weighted by molar-refractivity contribution is 6.31. The second-order valence-electron chi connectivity index (χ2n) is 16.6. The number of methoxy groups -OCH3 is 1. The van der Waals surface area contributed by atoms with Gasteiger partial charge in [0, 0.05) is 47.5 Å². The number of amides is 4. The molecule has 0 aliphatic carbocycles. The van der Waals surface area contributed by atoms with Crippen molar-refractivity contribution in [2.75, 3.05) is 84.9 Å². The molecule has 1 fully saturated rings. The normalized spacial score (nSPS) is 18.4. The molecule has 1 aliphatic rings. The highest BCUT2D eigenvalue weighted by atomic mass is 35.5. The first kappa shape index (κ1) is 52.2. The van der Waals surface area contributed by atoms with Crippen molar-refractivity contribution in [2.24, 2.45) is 5.41 Å². The smallest absolute Gasteiger partial charge is 0.251 e. The summed E-state index contributed by atoms with van der Waals surface area (Å²) in [5, 5.41) is 14.4. The predicted molar refractivity (Wildman–Crippen MR) is 241 cm³/mol. The molecule has 0 aromatic heterocycles. The highest BCUT2D eigenvalue weighted by Gasteiger charge is 2.57. The number of hydrogen-bond donors (Lipinski definition) is 5. The summed E-state index contributed by atoms with van der Waals surface area (Å²) >= 11 is 12.5. The van der Waals surface area contributed by atoms with Crippen LogP contribution >= 0.6 is 23.2 Å². The van der Waals surface area contributed by atoms with Crippen LogP contribution in [0.15, 0.2) is 54.6 Å². The fourth-order valence-corrected chi connectivity index (χ4v) is 7.98. The van der Waals surface area contributed by atoms with Crippen molar-refractivity contribution in [1.82, 2.24) is 21.3 Å². The zero-order valence-corrected chi connectivity index (χ0v) is 38.8. The van der Waals surface area contributed by atoms with E-state index in [2.05, 4.69) is 26.6 Å². The molecule has 0 saturated carbocycles. The standard InChI is InChI=1S/C46H61Cl2F2N5O9/c1-7-51-39(57)28-53-38(56)15-17-61-19-21-63-23-24-64-22-20-62-18-16-52-43(58)29-11-14-35(36(25-29)60-6)54-44(59)42-40(31-9-8-10-33(48)41(31)50)46(5,37(55-42)27-45(2,3)4)32-13-12-30(47)26-34(32)49/h8-14,25-26,37,40,42,55H,7,15-24,27-28H2,1-6H3,(H,51,57)(H,52,58)(H,53,56)(H,54,59)/t37-,40-,42+,46-/m0/s1. The van der Waals surface area contributed by atoms with Gasteiger partial charge < -0.3 is 50.3 Å². The van der Waals surface area contributed by atoms with E-state index in [4.69, 9.17) is 46.9 Å². The fourth-order valence-electron chi connectivity index (χ4n) is 7.64. The van der Waals surface area contributed by atoms with Gasteiger partial charge >= 0.3 is 0 Å². The van der Waals surface area contributed by atoms with Crippen LogP contribution < -0.4 is 31.3 Å². The summed E-state index contributed by atoms with van der Waals surface area (Å²) < 4.78 is 59.5. The van der Waals surface area contributed by atoms with E-state index in [1.807, 2.05) is 27.7 Å². The molecule has 14 nitrogen and oxygen atoms in total. The monoisotopic (exact) mass is 935 g/mol. The third kappa shape index (κ3) is 15.1. The van der Waals surface area contributed by atoms with Crippen molar-refractivity contribution < 1.29 is 51.6 Å². The molecule has 352 valence electrons. The molecule has 1 heterocycles. The first-order chi connectivity index (χ1) is 30.5. The molecule has 0 radical (unpaired) electrons. The Balaban J connectivity index is 1.26. The van der Waals surface area contributed by atoms with Crippen LogP contribution in [0.3, 0.4) is 0 Å². The van der Waals surface area contributed by atoms with Gasteiger partial charge in [-0.25, -0.2) is 8.78 Å². The van der Waals surface area contributed by atoms with Crippen molar-refractivity contribution in [2.45, 2.75) is 70.9 Å². The number of ether oxygens (including phenoxy) is 5. The minimum Gasteiger partial charge on any atom is -0.495 e. The Bertz CT molecular complexity index is 2040. The quantitative estimate of drug-likeness (QED) is 0.0618. The lowest BCUT2D eigenvalue weighted by Crippen LogP contribution is -2.44. The zero-order valence-electron chi connectivity index (χ0n) is 37.3. The van der Waals surface area contributed by atoms with E-state index < -0.39 is 46.9 Å². The van der Waals surface area contributed by atoms with Gasteiger partial charge in [-0.2, -0.15) is 0 Å². The lowest BCUT2D eigenvalue weighted by Gasteiger charge is -2.40. The number of hydrogen-bond acceptors (Lipinski definition) is 10.